The van der Waals surface area contributed by atoms with Crippen molar-refractivity contribution in [3.8, 4) is 17.2 Å². The number of nitrogens with two attached hydrogens (primary N) is 2. The molecule has 0 aliphatic heterocycles. The topological polar surface area (TPSA) is 102 Å². The Balaban J connectivity index is 2.64. The minimum absolute atomic E-state index is 0.0628. The maximum atomic E-state index is 8.60. The monoisotopic (exact) mass is 271 g/mol. The third-order valence-corrected chi connectivity index (χ3v) is 2.68. The number of allylic oxidation sites excluding steroid dienone is 1. The van der Waals surface area contributed by atoms with Crippen molar-refractivity contribution in [2.75, 3.05) is 11.5 Å². The average Bonchev–Trinajstić information content (AvgIpc) is 2.37. The maximum absolute atomic E-state index is 8.60. The number of nitriles is 1. The number of nitrogens with zero attached hydrogens (tertiary/aromatic N) is 3. The predicted octanol–water partition coefficient (Wildman–Crippen LogP) is 2.50. The van der Waals surface area contributed by atoms with Crippen LogP contribution in [0.5, 0.6) is 0 Å². The fraction of sp³-hybridized carbons (Fsp3) is 0. The van der Waals surface area contributed by atoms with Gasteiger partial charge in [-0.05, 0) is 23.8 Å². The van der Waals surface area contributed by atoms with Gasteiger partial charge in [-0.15, -0.1) is 0 Å². The molecule has 6 heteroatoms. The van der Waals surface area contributed by atoms with Gasteiger partial charge in [-0.3, -0.25) is 0 Å². The van der Waals surface area contributed by atoms with Gasteiger partial charge in [-0.1, -0.05) is 23.7 Å². The van der Waals surface area contributed by atoms with Crippen LogP contribution in [-0.2, 0) is 0 Å². The van der Waals surface area contributed by atoms with Gasteiger partial charge in [0, 0.05) is 16.7 Å². The van der Waals surface area contributed by atoms with Crippen LogP contribution in [0.25, 0.3) is 17.2 Å². The van der Waals surface area contributed by atoms with Gasteiger partial charge in [0.2, 0.25) is 5.95 Å². The molecule has 0 saturated carbocycles. The summed E-state index contributed by atoms with van der Waals surface area (Å²) >= 11 is 5.85. The highest BCUT2D eigenvalue weighted by molar-refractivity contribution is 6.30. The first-order valence-corrected chi connectivity index (χ1v) is 5.74. The van der Waals surface area contributed by atoms with E-state index in [-0.39, 0.29) is 11.8 Å². The van der Waals surface area contributed by atoms with Crippen LogP contribution in [0.2, 0.25) is 5.02 Å². The van der Waals surface area contributed by atoms with E-state index in [1.807, 2.05) is 6.07 Å². The summed E-state index contributed by atoms with van der Waals surface area (Å²) in [5.41, 5.74) is 13.4. The number of nitrogen functional groups attached to an aromatic ring is 2. The van der Waals surface area contributed by atoms with Crippen molar-refractivity contribution < 1.29 is 0 Å². The zero-order valence-electron chi connectivity index (χ0n) is 9.84. The van der Waals surface area contributed by atoms with Gasteiger partial charge < -0.3 is 11.5 Å². The molecular formula is C13H10ClN5. The number of aromatic nitrogens is 2. The molecule has 19 heavy (non-hydrogen) atoms. The van der Waals surface area contributed by atoms with E-state index in [9.17, 15) is 0 Å². The molecule has 0 atom stereocenters. The van der Waals surface area contributed by atoms with Crippen molar-refractivity contribution in [2.24, 2.45) is 0 Å². The summed E-state index contributed by atoms with van der Waals surface area (Å²) in [7, 11) is 0. The number of halogens is 1. The van der Waals surface area contributed by atoms with E-state index in [4.69, 9.17) is 28.3 Å². The highest BCUT2D eigenvalue weighted by atomic mass is 35.5. The zero-order chi connectivity index (χ0) is 13.8. The first kappa shape index (κ1) is 12.9. The largest absolute Gasteiger partial charge is 0.383 e. The van der Waals surface area contributed by atoms with E-state index in [0.29, 0.717) is 16.3 Å². The Bertz CT molecular complexity index is 671. The highest BCUT2D eigenvalue weighted by Gasteiger charge is 2.11. The molecule has 0 radical (unpaired) electrons. The van der Waals surface area contributed by atoms with Crippen molar-refractivity contribution in [3.63, 3.8) is 0 Å². The van der Waals surface area contributed by atoms with E-state index < -0.39 is 0 Å². The summed E-state index contributed by atoms with van der Waals surface area (Å²) in [5, 5.41) is 9.22. The maximum Gasteiger partial charge on any atom is 0.222 e. The molecule has 0 saturated heterocycles. The third-order valence-electron chi connectivity index (χ3n) is 2.43. The number of hydrogen-bond donors (Lipinski definition) is 2. The van der Waals surface area contributed by atoms with Gasteiger partial charge in [0.05, 0.1) is 11.8 Å². The second-order valence-corrected chi connectivity index (χ2v) is 4.13. The molecule has 94 valence electrons. The van der Waals surface area contributed by atoms with Crippen LogP contribution in [0, 0.1) is 11.3 Å². The summed E-state index contributed by atoms with van der Waals surface area (Å²) in [6.45, 7) is 0. The van der Waals surface area contributed by atoms with Crippen molar-refractivity contribution >= 4 is 29.4 Å². The summed E-state index contributed by atoms with van der Waals surface area (Å²) in [5.74, 6) is 0.320. The molecule has 0 aliphatic rings. The lowest BCUT2D eigenvalue weighted by Crippen LogP contribution is -2.04. The van der Waals surface area contributed by atoms with Crippen LogP contribution in [0.15, 0.2) is 30.3 Å². The van der Waals surface area contributed by atoms with Crippen LogP contribution in [0.1, 0.15) is 5.69 Å². The first-order valence-electron chi connectivity index (χ1n) is 5.37. The second-order valence-electron chi connectivity index (χ2n) is 3.70. The van der Waals surface area contributed by atoms with Crippen LogP contribution in [0.4, 0.5) is 11.8 Å². The summed E-state index contributed by atoms with van der Waals surface area (Å²) < 4.78 is 0. The Labute approximate surface area is 115 Å². The van der Waals surface area contributed by atoms with Crippen molar-refractivity contribution in [3.05, 3.63) is 41.1 Å². The number of rotatable bonds is 2. The van der Waals surface area contributed by atoms with E-state index >= 15 is 0 Å². The average molecular weight is 272 g/mol. The lowest BCUT2D eigenvalue weighted by molar-refractivity contribution is 1.18. The molecule has 0 aliphatic carbocycles. The van der Waals surface area contributed by atoms with Crippen LogP contribution in [0.3, 0.4) is 0 Å². The Morgan fingerprint density at radius 1 is 1.16 bits per heavy atom. The van der Waals surface area contributed by atoms with Gasteiger partial charge >= 0.3 is 0 Å². The van der Waals surface area contributed by atoms with Crippen molar-refractivity contribution in [1.82, 2.24) is 9.97 Å². The van der Waals surface area contributed by atoms with Gasteiger partial charge in [-0.2, -0.15) is 10.2 Å². The summed E-state index contributed by atoms with van der Waals surface area (Å²) in [4.78, 5) is 8.02. The molecule has 0 unspecified atom stereocenters. The van der Waals surface area contributed by atoms with E-state index in [1.54, 1.807) is 30.3 Å². The Morgan fingerprint density at radius 2 is 1.84 bits per heavy atom. The fourth-order valence-corrected chi connectivity index (χ4v) is 1.79. The standard InChI is InChI=1S/C13H10ClN5/c14-9-5-3-8(4-6-9)11-10(2-1-7-15)18-13(17)19-12(11)16/h1-6H,(H4,16,17,18,19). The molecule has 0 spiro atoms. The fourth-order valence-electron chi connectivity index (χ4n) is 1.66. The van der Waals surface area contributed by atoms with Gasteiger partial charge in [-0.25, -0.2) is 4.98 Å². The smallest absolute Gasteiger partial charge is 0.222 e. The van der Waals surface area contributed by atoms with Gasteiger partial charge in [0.1, 0.15) is 5.82 Å². The molecule has 5 nitrogen and oxygen atoms in total. The number of benzene rings is 1. The molecule has 1 aromatic heterocycles. The molecule has 0 fully saturated rings. The van der Waals surface area contributed by atoms with E-state index in [2.05, 4.69) is 9.97 Å². The van der Waals surface area contributed by atoms with E-state index in [1.165, 1.54) is 6.08 Å². The lowest BCUT2D eigenvalue weighted by Gasteiger charge is -2.09. The van der Waals surface area contributed by atoms with Gasteiger partial charge in [0.25, 0.3) is 0 Å². The van der Waals surface area contributed by atoms with E-state index in [0.717, 1.165) is 5.56 Å². The Morgan fingerprint density at radius 3 is 2.47 bits per heavy atom. The minimum atomic E-state index is 0.0628. The summed E-state index contributed by atoms with van der Waals surface area (Å²) in [6.07, 6.45) is 2.85. The molecule has 1 aromatic carbocycles. The summed E-state index contributed by atoms with van der Waals surface area (Å²) in [6, 6.07) is 8.99. The molecule has 2 aromatic rings. The third kappa shape index (κ3) is 2.81. The van der Waals surface area contributed by atoms with Crippen LogP contribution >= 0.6 is 11.6 Å². The van der Waals surface area contributed by atoms with Crippen molar-refractivity contribution in [2.45, 2.75) is 0 Å². The normalized spacial score (nSPS) is 10.5. The van der Waals surface area contributed by atoms with Gasteiger partial charge in [0.15, 0.2) is 0 Å². The molecular weight excluding hydrogens is 262 g/mol. The quantitative estimate of drug-likeness (QED) is 0.817. The number of anilines is 2. The number of hydrogen-bond acceptors (Lipinski definition) is 5. The predicted molar refractivity (Wildman–Crippen MR) is 75.9 cm³/mol. The lowest BCUT2D eigenvalue weighted by atomic mass is 10.0. The molecule has 2 rings (SSSR count). The van der Waals surface area contributed by atoms with Crippen LogP contribution in [-0.4, -0.2) is 9.97 Å². The second kappa shape index (κ2) is 5.38. The Hall–Kier alpha value is -2.58. The molecule has 4 N–H and O–H groups in total. The first-order chi connectivity index (χ1) is 9.11. The minimum Gasteiger partial charge on any atom is -0.383 e. The molecule has 0 amide bonds. The Kier molecular flexibility index (Phi) is 3.64. The van der Waals surface area contributed by atoms with Crippen LogP contribution < -0.4 is 11.5 Å². The SMILES string of the molecule is N#CC=Cc1nc(N)nc(N)c1-c1ccc(Cl)cc1. The zero-order valence-corrected chi connectivity index (χ0v) is 10.6. The van der Waals surface area contributed by atoms with Crippen molar-refractivity contribution in [1.29, 1.82) is 5.26 Å². The highest BCUT2D eigenvalue weighted by Crippen LogP contribution is 2.29. The molecule has 1 heterocycles. The molecule has 0 bridgehead atoms.